The van der Waals surface area contributed by atoms with Gasteiger partial charge in [-0.05, 0) is 31.3 Å². The Balaban J connectivity index is 1.96. The van der Waals surface area contributed by atoms with Crippen molar-refractivity contribution in [2.75, 3.05) is 13.6 Å². The van der Waals surface area contributed by atoms with Crippen LogP contribution in [0.2, 0.25) is 0 Å². The van der Waals surface area contributed by atoms with Crippen LogP contribution in [-0.4, -0.2) is 18.7 Å². The van der Waals surface area contributed by atoms with Crippen LogP contribution in [0.15, 0.2) is 57.8 Å². The maximum absolute atomic E-state index is 10.9. The molecule has 1 atom stereocenters. The van der Waals surface area contributed by atoms with Gasteiger partial charge in [0.1, 0.15) is 0 Å². The summed E-state index contributed by atoms with van der Waals surface area (Å²) in [6.07, 6.45) is 3.45. The fourth-order valence-electron chi connectivity index (χ4n) is 2.25. The molecule has 0 saturated carbocycles. The Morgan fingerprint density at radius 1 is 1.14 bits per heavy atom. The zero-order chi connectivity index (χ0) is 14.7. The van der Waals surface area contributed by atoms with Gasteiger partial charge >= 0.3 is 0 Å². The fourth-order valence-corrected chi connectivity index (χ4v) is 2.25. The van der Waals surface area contributed by atoms with Crippen LogP contribution in [-0.2, 0) is 5.79 Å². The topological polar surface area (TPSA) is 67.8 Å². The van der Waals surface area contributed by atoms with Crippen LogP contribution in [0.3, 0.4) is 0 Å². The number of nitrogens with one attached hydrogen (secondary N) is 1. The Hall–Kier alpha value is -2.24. The van der Waals surface area contributed by atoms with Crippen molar-refractivity contribution in [2.45, 2.75) is 12.2 Å². The highest BCUT2D eigenvalue weighted by molar-refractivity contribution is 5.82. The fraction of sp³-hybridized carbons (Fsp3) is 0.250. The molecule has 110 valence electrons. The predicted molar refractivity (Wildman–Crippen MR) is 78.0 cm³/mol. The smallest absolute Gasteiger partial charge is 0.268 e. The van der Waals surface area contributed by atoms with E-state index >= 15 is 0 Å². The summed E-state index contributed by atoms with van der Waals surface area (Å²) in [5.41, 5.74) is 0.604. The molecule has 0 radical (unpaired) electrons. The summed E-state index contributed by atoms with van der Waals surface area (Å²) in [6, 6.07) is 10.8. The second-order valence-corrected chi connectivity index (χ2v) is 4.81. The van der Waals surface area contributed by atoms with Gasteiger partial charge in [-0.3, -0.25) is 0 Å². The molecule has 0 bridgehead atoms. The SMILES string of the molecule is CNCC[C@@](O)(Oc1cccc2ccoc12)c1ccco1. The van der Waals surface area contributed by atoms with Gasteiger partial charge in [0, 0.05) is 18.4 Å². The molecule has 2 N–H and O–H groups in total. The standard InChI is InChI=1S/C16H17NO4/c1-17-9-8-16(18,14-6-3-10-19-14)21-13-5-2-4-12-7-11-20-15(12)13/h2-7,10-11,17-18H,8-9H2,1H3/t16-/m1/s1. The maximum atomic E-state index is 10.9. The first-order valence-electron chi connectivity index (χ1n) is 6.79. The molecular weight excluding hydrogens is 270 g/mol. The quantitative estimate of drug-likeness (QED) is 0.682. The average molecular weight is 287 g/mol. The second-order valence-electron chi connectivity index (χ2n) is 4.81. The highest BCUT2D eigenvalue weighted by atomic mass is 16.6. The lowest BCUT2D eigenvalue weighted by molar-refractivity contribution is -0.163. The predicted octanol–water partition coefficient (Wildman–Crippen LogP) is 2.86. The van der Waals surface area contributed by atoms with Crippen molar-refractivity contribution in [3.8, 4) is 5.75 Å². The number of furan rings is 2. The van der Waals surface area contributed by atoms with Crippen LogP contribution in [0.1, 0.15) is 12.2 Å². The Kier molecular flexibility index (Phi) is 3.68. The minimum Gasteiger partial charge on any atom is -0.462 e. The van der Waals surface area contributed by atoms with Gasteiger partial charge in [-0.1, -0.05) is 12.1 Å². The summed E-state index contributed by atoms with van der Waals surface area (Å²) >= 11 is 0. The number of benzene rings is 1. The van der Waals surface area contributed by atoms with Gasteiger partial charge in [0.05, 0.1) is 12.5 Å². The summed E-state index contributed by atoms with van der Waals surface area (Å²) in [7, 11) is 1.82. The Morgan fingerprint density at radius 2 is 2.05 bits per heavy atom. The number of hydrogen-bond acceptors (Lipinski definition) is 5. The number of aliphatic hydroxyl groups is 1. The molecule has 2 heterocycles. The van der Waals surface area contributed by atoms with E-state index in [2.05, 4.69) is 5.32 Å². The lowest BCUT2D eigenvalue weighted by Gasteiger charge is -2.27. The molecule has 0 saturated heterocycles. The number of ether oxygens (including phenoxy) is 1. The lowest BCUT2D eigenvalue weighted by atomic mass is 10.1. The van der Waals surface area contributed by atoms with Crippen molar-refractivity contribution in [1.82, 2.24) is 5.32 Å². The van der Waals surface area contributed by atoms with Crippen molar-refractivity contribution in [2.24, 2.45) is 0 Å². The highest BCUT2D eigenvalue weighted by Crippen LogP contribution is 2.34. The molecule has 0 spiro atoms. The van der Waals surface area contributed by atoms with E-state index in [1.807, 2.05) is 25.2 Å². The van der Waals surface area contributed by atoms with Crippen LogP contribution in [0.5, 0.6) is 5.75 Å². The van der Waals surface area contributed by atoms with E-state index in [-0.39, 0.29) is 0 Å². The van der Waals surface area contributed by atoms with E-state index < -0.39 is 5.79 Å². The summed E-state index contributed by atoms with van der Waals surface area (Å²) in [5, 5.41) is 14.8. The van der Waals surface area contributed by atoms with Gasteiger partial charge in [0.2, 0.25) is 0 Å². The molecule has 2 aromatic heterocycles. The summed E-state index contributed by atoms with van der Waals surface area (Å²) in [6.45, 7) is 0.575. The van der Waals surface area contributed by atoms with Crippen LogP contribution >= 0.6 is 0 Å². The Morgan fingerprint density at radius 3 is 2.81 bits per heavy atom. The monoisotopic (exact) mass is 287 g/mol. The van der Waals surface area contributed by atoms with Gasteiger partial charge < -0.3 is 24.0 Å². The molecule has 3 aromatic rings. The largest absolute Gasteiger partial charge is 0.462 e. The maximum Gasteiger partial charge on any atom is 0.268 e. The minimum absolute atomic E-state index is 0.341. The molecule has 1 aromatic carbocycles. The van der Waals surface area contributed by atoms with Gasteiger partial charge in [0.25, 0.3) is 5.79 Å². The zero-order valence-electron chi connectivity index (χ0n) is 11.7. The Bertz CT molecular complexity index is 704. The van der Waals surface area contributed by atoms with Crippen molar-refractivity contribution >= 4 is 11.0 Å². The summed E-state index contributed by atoms with van der Waals surface area (Å²) in [5.74, 6) is -0.707. The number of fused-ring (bicyclic) bond motifs is 1. The second kappa shape index (κ2) is 5.63. The van der Waals surface area contributed by atoms with E-state index in [0.717, 1.165) is 5.39 Å². The molecule has 5 nitrogen and oxygen atoms in total. The van der Waals surface area contributed by atoms with E-state index in [0.29, 0.717) is 30.1 Å². The number of rotatable bonds is 6. The highest BCUT2D eigenvalue weighted by Gasteiger charge is 2.35. The molecule has 0 unspecified atom stereocenters. The first kappa shape index (κ1) is 13.7. The molecule has 21 heavy (non-hydrogen) atoms. The van der Waals surface area contributed by atoms with Crippen LogP contribution in [0.25, 0.3) is 11.0 Å². The summed E-state index contributed by atoms with van der Waals surface area (Å²) < 4.78 is 16.6. The molecule has 0 aliphatic rings. The molecule has 0 fully saturated rings. The van der Waals surface area contributed by atoms with Crippen molar-refractivity contribution in [3.63, 3.8) is 0 Å². The van der Waals surface area contributed by atoms with Crippen molar-refractivity contribution in [3.05, 3.63) is 54.7 Å². The normalized spacial score (nSPS) is 14.2. The third kappa shape index (κ3) is 2.66. The molecule has 0 aliphatic heterocycles. The molecule has 0 amide bonds. The first-order chi connectivity index (χ1) is 10.2. The zero-order valence-corrected chi connectivity index (χ0v) is 11.7. The van der Waals surface area contributed by atoms with E-state index in [4.69, 9.17) is 13.6 Å². The van der Waals surface area contributed by atoms with Crippen LogP contribution < -0.4 is 10.1 Å². The van der Waals surface area contributed by atoms with Crippen LogP contribution in [0, 0.1) is 0 Å². The third-order valence-corrected chi connectivity index (χ3v) is 3.34. The third-order valence-electron chi connectivity index (χ3n) is 3.34. The lowest BCUT2D eigenvalue weighted by Crippen LogP contribution is -2.35. The summed E-state index contributed by atoms with van der Waals surface area (Å²) in [4.78, 5) is 0. The average Bonchev–Trinajstić information content (AvgIpc) is 3.16. The molecule has 3 rings (SSSR count). The number of para-hydroxylation sites is 1. The van der Waals surface area contributed by atoms with Crippen LogP contribution in [0.4, 0.5) is 0 Å². The molecule has 0 aliphatic carbocycles. The van der Waals surface area contributed by atoms with Crippen molar-refractivity contribution < 1.29 is 18.7 Å². The first-order valence-corrected chi connectivity index (χ1v) is 6.79. The van der Waals surface area contributed by atoms with Gasteiger partial charge in [0.15, 0.2) is 17.1 Å². The van der Waals surface area contributed by atoms with E-state index in [9.17, 15) is 5.11 Å². The number of hydrogen-bond donors (Lipinski definition) is 2. The van der Waals surface area contributed by atoms with Gasteiger partial charge in [-0.2, -0.15) is 0 Å². The molecular formula is C16H17NO4. The van der Waals surface area contributed by atoms with E-state index in [1.54, 1.807) is 24.5 Å². The van der Waals surface area contributed by atoms with Gasteiger partial charge in [-0.15, -0.1) is 0 Å². The van der Waals surface area contributed by atoms with E-state index in [1.165, 1.54) is 6.26 Å². The van der Waals surface area contributed by atoms with Crippen molar-refractivity contribution in [1.29, 1.82) is 0 Å². The Labute approximate surface area is 122 Å². The molecule has 5 heteroatoms. The van der Waals surface area contributed by atoms with Gasteiger partial charge in [-0.25, -0.2) is 0 Å². The minimum atomic E-state index is -1.55.